The molecule has 78 valence electrons. The van der Waals surface area contributed by atoms with Gasteiger partial charge in [-0.1, -0.05) is 39.6 Å². The number of allylic oxidation sites excluding steroid dienone is 1. The van der Waals surface area contributed by atoms with Gasteiger partial charge in [0, 0.05) is 23.5 Å². The lowest BCUT2D eigenvalue weighted by atomic mass is 9.60. The summed E-state index contributed by atoms with van der Waals surface area (Å²) in [6, 6.07) is 0. The van der Waals surface area contributed by atoms with Crippen molar-refractivity contribution >= 4 is 17.1 Å². The second-order valence-corrected chi connectivity index (χ2v) is 5.47. The molecule has 1 nitrogen and oxygen atoms in total. The van der Waals surface area contributed by atoms with Crippen LogP contribution in [0.2, 0.25) is 0 Å². The number of hydrogen-bond acceptors (Lipinski definition) is 2. The highest BCUT2D eigenvalue weighted by atomic mass is 32.1. The first-order valence-electron chi connectivity index (χ1n) is 5.40. The summed E-state index contributed by atoms with van der Waals surface area (Å²) in [7, 11) is 2.16. The molecule has 4 atom stereocenters. The van der Waals surface area contributed by atoms with Crippen molar-refractivity contribution in [1.29, 1.82) is 0 Å². The molecular formula is C12H19NS. The monoisotopic (exact) mass is 209 g/mol. The Morgan fingerprint density at radius 3 is 2.21 bits per heavy atom. The van der Waals surface area contributed by atoms with E-state index in [9.17, 15) is 0 Å². The minimum Gasteiger partial charge on any atom is -0.367 e. The first-order valence-corrected chi connectivity index (χ1v) is 5.80. The molecule has 4 unspecified atom stereocenters. The summed E-state index contributed by atoms with van der Waals surface area (Å²) in [6.45, 7) is 11.1. The van der Waals surface area contributed by atoms with E-state index in [1.54, 1.807) is 0 Å². The standard InChI is InChI=1S/C12H19NS/c1-7-6-11(14)12(7)9(3)8(2)10(4)13(12)5/h7-9H,4,6H2,1-3,5H3. The third-order valence-corrected chi connectivity index (χ3v) is 5.14. The van der Waals surface area contributed by atoms with E-state index in [0.29, 0.717) is 17.8 Å². The maximum absolute atomic E-state index is 5.51. The Morgan fingerprint density at radius 2 is 2.00 bits per heavy atom. The highest BCUT2D eigenvalue weighted by Gasteiger charge is 2.61. The molecule has 2 rings (SSSR count). The quantitative estimate of drug-likeness (QED) is 0.564. The van der Waals surface area contributed by atoms with Crippen LogP contribution in [-0.2, 0) is 0 Å². The topological polar surface area (TPSA) is 3.24 Å². The molecule has 0 aromatic rings. The van der Waals surface area contributed by atoms with Crippen LogP contribution in [0.15, 0.2) is 12.3 Å². The van der Waals surface area contributed by atoms with E-state index in [-0.39, 0.29) is 5.54 Å². The van der Waals surface area contributed by atoms with Gasteiger partial charge in [-0.15, -0.1) is 0 Å². The average molecular weight is 209 g/mol. The lowest BCUT2D eigenvalue weighted by Crippen LogP contribution is -2.64. The van der Waals surface area contributed by atoms with E-state index in [1.807, 2.05) is 0 Å². The Morgan fingerprint density at radius 1 is 1.43 bits per heavy atom. The van der Waals surface area contributed by atoms with Crippen molar-refractivity contribution < 1.29 is 0 Å². The molecular weight excluding hydrogens is 190 g/mol. The maximum atomic E-state index is 5.51. The van der Waals surface area contributed by atoms with Gasteiger partial charge in [0.05, 0.1) is 5.54 Å². The minimum atomic E-state index is 0.159. The average Bonchev–Trinajstić information content (AvgIpc) is 2.31. The zero-order valence-corrected chi connectivity index (χ0v) is 10.3. The number of nitrogens with zero attached hydrogens (tertiary/aromatic N) is 1. The van der Waals surface area contributed by atoms with E-state index in [2.05, 4.69) is 39.3 Å². The first-order chi connectivity index (χ1) is 6.44. The molecule has 1 saturated carbocycles. The van der Waals surface area contributed by atoms with Crippen molar-refractivity contribution in [3.63, 3.8) is 0 Å². The van der Waals surface area contributed by atoms with Crippen molar-refractivity contribution in [2.24, 2.45) is 17.8 Å². The highest BCUT2D eigenvalue weighted by Crippen LogP contribution is 2.55. The van der Waals surface area contributed by atoms with Crippen LogP contribution in [0.3, 0.4) is 0 Å². The van der Waals surface area contributed by atoms with Crippen LogP contribution in [0.4, 0.5) is 0 Å². The summed E-state index contributed by atoms with van der Waals surface area (Å²) in [5.41, 5.74) is 1.41. The van der Waals surface area contributed by atoms with Crippen molar-refractivity contribution in [3.05, 3.63) is 12.3 Å². The lowest BCUT2D eigenvalue weighted by molar-refractivity contribution is 0.120. The number of hydrogen-bond donors (Lipinski definition) is 0. The van der Waals surface area contributed by atoms with E-state index >= 15 is 0 Å². The van der Waals surface area contributed by atoms with Gasteiger partial charge in [0.2, 0.25) is 0 Å². The fourth-order valence-corrected chi connectivity index (χ4v) is 4.25. The molecule has 14 heavy (non-hydrogen) atoms. The number of thiocarbonyl (C=S) groups is 1. The van der Waals surface area contributed by atoms with E-state index in [0.717, 1.165) is 6.42 Å². The third-order valence-electron chi connectivity index (χ3n) is 4.65. The van der Waals surface area contributed by atoms with Gasteiger partial charge < -0.3 is 4.90 Å². The predicted molar refractivity (Wildman–Crippen MR) is 64.3 cm³/mol. The zero-order chi connectivity index (χ0) is 10.7. The van der Waals surface area contributed by atoms with Crippen molar-refractivity contribution in [3.8, 4) is 0 Å². The van der Waals surface area contributed by atoms with Crippen LogP contribution in [0, 0.1) is 17.8 Å². The SMILES string of the molecule is C=C1C(C)C(C)C2(C(=S)CC2C)N1C. The van der Waals surface area contributed by atoms with Gasteiger partial charge >= 0.3 is 0 Å². The first kappa shape index (κ1) is 10.2. The Labute approximate surface area is 92.2 Å². The van der Waals surface area contributed by atoms with Crippen LogP contribution >= 0.6 is 12.2 Å². The maximum Gasteiger partial charge on any atom is 0.0770 e. The van der Waals surface area contributed by atoms with Gasteiger partial charge in [-0.2, -0.15) is 0 Å². The summed E-state index contributed by atoms with van der Waals surface area (Å²) in [4.78, 5) is 3.59. The Hall–Kier alpha value is -0.370. The molecule has 0 N–H and O–H groups in total. The summed E-state index contributed by atoms with van der Waals surface area (Å²) in [5, 5.41) is 0. The van der Waals surface area contributed by atoms with E-state index in [4.69, 9.17) is 12.2 Å². The van der Waals surface area contributed by atoms with Crippen LogP contribution < -0.4 is 0 Å². The van der Waals surface area contributed by atoms with Gasteiger partial charge in [-0.3, -0.25) is 0 Å². The molecule has 0 aromatic heterocycles. The fourth-order valence-electron chi connectivity index (χ4n) is 3.48. The molecule has 1 saturated heterocycles. The van der Waals surface area contributed by atoms with Crippen LogP contribution in [0.5, 0.6) is 0 Å². The van der Waals surface area contributed by atoms with Crippen molar-refractivity contribution in [1.82, 2.24) is 4.90 Å². The molecule has 2 heteroatoms. The second-order valence-electron chi connectivity index (χ2n) is 4.98. The summed E-state index contributed by atoms with van der Waals surface area (Å²) < 4.78 is 0. The molecule has 1 heterocycles. The van der Waals surface area contributed by atoms with E-state index in [1.165, 1.54) is 10.6 Å². The fraction of sp³-hybridized carbons (Fsp3) is 0.750. The Bertz CT molecular complexity index is 309. The largest absolute Gasteiger partial charge is 0.367 e. The predicted octanol–water partition coefficient (Wildman–Crippen LogP) is 2.87. The Balaban J connectivity index is 2.45. The number of rotatable bonds is 0. The molecule has 0 amide bonds. The van der Waals surface area contributed by atoms with Gasteiger partial charge in [0.15, 0.2) is 0 Å². The van der Waals surface area contributed by atoms with Gasteiger partial charge in [-0.25, -0.2) is 0 Å². The third kappa shape index (κ3) is 0.837. The molecule has 0 aromatic carbocycles. The van der Waals surface area contributed by atoms with Crippen molar-refractivity contribution in [2.75, 3.05) is 7.05 Å². The van der Waals surface area contributed by atoms with E-state index < -0.39 is 0 Å². The molecule has 1 aliphatic heterocycles. The smallest absolute Gasteiger partial charge is 0.0770 e. The molecule has 2 fully saturated rings. The molecule has 2 aliphatic rings. The highest BCUT2D eigenvalue weighted by molar-refractivity contribution is 7.80. The lowest BCUT2D eigenvalue weighted by Gasteiger charge is -2.54. The van der Waals surface area contributed by atoms with Gasteiger partial charge in [0.25, 0.3) is 0 Å². The van der Waals surface area contributed by atoms with Gasteiger partial charge in [0.1, 0.15) is 0 Å². The molecule has 0 bridgehead atoms. The molecule has 0 radical (unpaired) electrons. The normalized spacial score (nSPS) is 47.4. The Kier molecular flexibility index (Phi) is 2.04. The zero-order valence-electron chi connectivity index (χ0n) is 9.50. The summed E-state index contributed by atoms with van der Waals surface area (Å²) >= 11 is 5.51. The van der Waals surface area contributed by atoms with Crippen LogP contribution in [0.25, 0.3) is 0 Å². The van der Waals surface area contributed by atoms with Crippen molar-refractivity contribution in [2.45, 2.75) is 32.7 Å². The van der Waals surface area contributed by atoms with Crippen LogP contribution in [0.1, 0.15) is 27.2 Å². The summed E-state index contributed by atoms with van der Waals surface area (Å²) in [5.74, 6) is 1.88. The molecule has 1 aliphatic carbocycles. The minimum absolute atomic E-state index is 0.159. The second kappa shape index (κ2) is 2.82. The van der Waals surface area contributed by atoms with Crippen LogP contribution in [-0.4, -0.2) is 22.4 Å². The molecule has 1 spiro atoms. The summed E-state index contributed by atoms with van der Waals surface area (Å²) in [6.07, 6.45) is 1.12. The number of likely N-dealkylation sites (tertiary alicyclic amines) is 1. The van der Waals surface area contributed by atoms with Gasteiger partial charge in [-0.05, 0) is 18.3 Å².